The molecular formula is C31H31F3N8O3S. The number of nitrogen functional groups attached to an aromatic ring is 1. The molecular weight excluding hydrogens is 621 g/mol. The number of amides is 1. The number of benzene rings is 2. The standard InChI is InChI=1S/C31H31F3N8O3S/c1-40-10-16(32)7-17(40)14-45-31-38-26-21(29(39-31)41(2)18-11-42(12-18)23(43)9-35)8-20(15-5-6-44-13-15)24(25(26)34)19-3-4-22(33)28-27(19)37-30(36)46-28/h3-6,8,13,16-18H,7,9-12,14,35H2,1-2H3,(H2,36,37)/t16-,17+/m1/s1. The third kappa shape index (κ3) is 5.17. The Morgan fingerprint density at radius 3 is 2.65 bits per heavy atom. The van der Waals surface area contributed by atoms with Crippen molar-refractivity contribution in [3.8, 4) is 28.3 Å². The predicted octanol–water partition coefficient (Wildman–Crippen LogP) is 4.05. The minimum Gasteiger partial charge on any atom is -0.472 e. The summed E-state index contributed by atoms with van der Waals surface area (Å²) in [4.78, 5) is 31.1. The number of carbonyl (C=O) groups excluding carboxylic acids is 1. The lowest BCUT2D eigenvalue weighted by Gasteiger charge is -2.44. The Bertz CT molecular complexity index is 1950. The number of fused-ring (bicyclic) bond motifs is 2. The Morgan fingerprint density at radius 1 is 1.15 bits per heavy atom. The van der Waals surface area contributed by atoms with Crippen molar-refractivity contribution in [3.05, 3.63) is 48.4 Å². The van der Waals surface area contributed by atoms with Gasteiger partial charge in [-0.1, -0.05) is 11.3 Å². The summed E-state index contributed by atoms with van der Waals surface area (Å²) in [5.41, 5.74) is 13.2. The van der Waals surface area contributed by atoms with Gasteiger partial charge in [-0.15, -0.1) is 0 Å². The Hall–Kier alpha value is -4.47. The normalized spacial score (nSPS) is 18.9. The molecule has 0 spiro atoms. The van der Waals surface area contributed by atoms with E-state index in [4.69, 9.17) is 25.6 Å². The quantitative estimate of drug-likeness (QED) is 0.252. The molecule has 0 aliphatic carbocycles. The molecule has 46 heavy (non-hydrogen) atoms. The molecule has 1 amide bonds. The van der Waals surface area contributed by atoms with Crippen LogP contribution in [-0.2, 0) is 4.79 Å². The highest BCUT2D eigenvalue weighted by atomic mass is 32.1. The van der Waals surface area contributed by atoms with Crippen molar-refractivity contribution >= 4 is 49.3 Å². The third-order valence-corrected chi connectivity index (χ3v) is 9.71. The first-order chi connectivity index (χ1) is 22.1. The molecule has 3 aromatic heterocycles. The zero-order valence-electron chi connectivity index (χ0n) is 25.0. The van der Waals surface area contributed by atoms with Gasteiger partial charge in [0.1, 0.15) is 29.9 Å². The van der Waals surface area contributed by atoms with Crippen molar-refractivity contribution in [1.82, 2.24) is 24.8 Å². The number of thiazole rings is 1. The number of alkyl halides is 1. The van der Waals surface area contributed by atoms with Crippen LogP contribution >= 0.6 is 11.3 Å². The van der Waals surface area contributed by atoms with E-state index in [0.29, 0.717) is 53.9 Å². The second-order valence-corrected chi connectivity index (χ2v) is 12.7. The molecule has 0 radical (unpaired) electrons. The molecule has 5 heterocycles. The molecule has 240 valence electrons. The number of aromatic nitrogens is 3. The lowest BCUT2D eigenvalue weighted by Crippen LogP contribution is -2.61. The molecule has 0 bridgehead atoms. The van der Waals surface area contributed by atoms with Crippen molar-refractivity contribution in [2.75, 3.05) is 57.5 Å². The smallest absolute Gasteiger partial charge is 0.319 e. The van der Waals surface area contributed by atoms with Crippen molar-refractivity contribution in [2.24, 2.45) is 5.73 Å². The highest BCUT2D eigenvalue weighted by Gasteiger charge is 2.35. The van der Waals surface area contributed by atoms with Crippen molar-refractivity contribution in [1.29, 1.82) is 0 Å². The molecule has 11 nitrogen and oxygen atoms in total. The van der Waals surface area contributed by atoms with Gasteiger partial charge < -0.3 is 30.4 Å². The van der Waals surface area contributed by atoms with Crippen LogP contribution in [0.1, 0.15) is 6.42 Å². The summed E-state index contributed by atoms with van der Waals surface area (Å²) in [6.07, 6.45) is 2.29. The number of ether oxygens (including phenoxy) is 1. The monoisotopic (exact) mass is 652 g/mol. The Morgan fingerprint density at radius 2 is 1.96 bits per heavy atom. The van der Waals surface area contributed by atoms with Crippen molar-refractivity contribution in [3.63, 3.8) is 0 Å². The van der Waals surface area contributed by atoms with Crippen LogP contribution in [-0.4, -0.2) is 95.8 Å². The molecule has 2 saturated heterocycles. The van der Waals surface area contributed by atoms with Gasteiger partial charge in [-0.2, -0.15) is 9.97 Å². The second-order valence-electron chi connectivity index (χ2n) is 11.7. The zero-order valence-corrected chi connectivity index (χ0v) is 25.9. The number of likely N-dealkylation sites (N-methyl/N-ethyl adjacent to an activating group) is 2. The number of hydrogen-bond acceptors (Lipinski definition) is 11. The second kappa shape index (κ2) is 11.7. The maximum absolute atomic E-state index is 17.2. The highest BCUT2D eigenvalue weighted by Crippen LogP contribution is 2.44. The van der Waals surface area contributed by atoms with Crippen LogP contribution in [0.2, 0.25) is 0 Å². The van der Waals surface area contributed by atoms with E-state index in [1.807, 2.05) is 23.9 Å². The van der Waals surface area contributed by atoms with E-state index in [-0.39, 0.29) is 63.6 Å². The Balaban J connectivity index is 1.41. The summed E-state index contributed by atoms with van der Waals surface area (Å²) >= 11 is 0.976. The number of nitrogens with two attached hydrogens (primary N) is 2. The first kappa shape index (κ1) is 30.2. The number of nitrogens with zero attached hydrogens (tertiary/aromatic N) is 6. The molecule has 15 heteroatoms. The number of halogens is 3. The van der Waals surface area contributed by atoms with Gasteiger partial charge in [0.15, 0.2) is 10.9 Å². The Kier molecular flexibility index (Phi) is 7.69. The third-order valence-electron chi connectivity index (χ3n) is 8.82. The summed E-state index contributed by atoms with van der Waals surface area (Å²) in [5.74, 6) is -1.01. The van der Waals surface area contributed by atoms with E-state index in [9.17, 15) is 13.6 Å². The fourth-order valence-electron chi connectivity index (χ4n) is 6.21. The summed E-state index contributed by atoms with van der Waals surface area (Å²) < 4.78 is 57.6. The van der Waals surface area contributed by atoms with Gasteiger partial charge in [0.25, 0.3) is 0 Å². The van der Waals surface area contributed by atoms with Crippen LogP contribution < -0.4 is 21.1 Å². The lowest BCUT2D eigenvalue weighted by atomic mass is 9.92. The van der Waals surface area contributed by atoms with Crippen molar-refractivity contribution < 1.29 is 27.1 Å². The number of anilines is 2. The maximum Gasteiger partial charge on any atom is 0.319 e. The van der Waals surface area contributed by atoms with Crippen LogP contribution in [0, 0.1) is 11.6 Å². The number of carbonyl (C=O) groups is 1. The van der Waals surface area contributed by atoms with Gasteiger partial charge in [-0.3, -0.25) is 9.69 Å². The van der Waals surface area contributed by atoms with Gasteiger partial charge >= 0.3 is 6.01 Å². The predicted molar refractivity (Wildman–Crippen MR) is 169 cm³/mol. The summed E-state index contributed by atoms with van der Waals surface area (Å²) in [6, 6.07) is 5.76. The van der Waals surface area contributed by atoms with E-state index in [1.165, 1.54) is 24.7 Å². The molecule has 2 aromatic carbocycles. The minimum absolute atomic E-state index is 0.0351. The molecule has 0 saturated carbocycles. The summed E-state index contributed by atoms with van der Waals surface area (Å²) in [7, 11) is 3.63. The van der Waals surface area contributed by atoms with Gasteiger partial charge in [-0.25, -0.2) is 18.2 Å². The first-order valence-electron chi connectivity index (χ1n) is 14.7. The SMILES string of the molecule is CN(c1nc(OC[C@@H]2C[C@@H](F)CN2C)nc2c(F)c(-c3ccc(F)c4sc(N)nc34)c(-c3ccoc3)cc12)C1CN(C(=O)CN)C1. The maximum atomic E-state index is 17.2. The van der Waals surface area contributed by atoms with E-state index < -0.39 is 17.8 Å². The zero-order chi connectivity index (χ0) is 32.3. The minimum atomic E-state index is -0.968. The van der Waals surface area contributed by atoms with E-state index >= 15 is 4.39 Å². The van der Waals surface area contributed by atoms with Crippen LogP contribution in [0.5, 0.6) is 6.01 Å². The van der Waals surface area contributed by atoms with E-state index in [2.05, 4.69) is 9.97 Å². The van der Waals surface area contributed by atoms with Crippen molar-refractivity contribution in [2.45, 2.75) is 24.7 Å². The Labute approximate surface area is 265 Å². The topological polar surface area (TPSA) is 140 Å². The fourth-order valence-corrected chi connectivity index (χ4v) is 6.97. The summed E-state index contributed by atoms with van der Waals surface area (Å²) in [5, 5.41) is 0.526. The number of rotatable bonds is 8. The average Bonchev–Trinajstić information content (AvgIpc) is 3.76. The molecule has 7 rings (SSSR count). The molecule has 2 aliphatic heterocycles. The van der Waals surface area contributed by atoms with Crippen LogP contribution in [0.3, 0.4) is 0 Å². The molecule has 0 unspecified atom stereocenters. The molecule has 4 N–H and O–H groups in total. The number of furan rings is 1. The number of hydrogen-bond donors (Lipinski definition) is 2. The molecule has 2 fully saturated rings. The van der Waals surface area contributed by atoms with E-state index in [0.717, 1.165) is 11.3 Å². The largest absolute Gasteiger partial charge is 0.472 e. The fraction of sp³-hybridized carbons (Fsp3) is 0.355. The molecule has 2 atom stereocenters. The van der Waals surface area contributed by atoms with Crippen LogP contribution in [0.4, 0.5) is 24.1 Å². The average molecular weight is 653 g/mol. The van der Waals surface area contributed by atoms with Crippen LogP contribution in [0.15, 0.2) is 41.2 Å². The highest BCUT2D eigenvalue weighted by molar-refractivity contribution is 7.22. The van der Waals surface area contributed by atoms with E-state index in [1.54, 1.807) is 17.0 Å². The van der Waals surface area contributed by atoms with Gasteiger partial charge in [0.2, 0.25) is 5.91 Å². The molecule has 2 aliphatic rings. The van der Waals surface area contributed by atoms with Gasteiger partial charge in [0.05, 0.1) is 35.3 Å². The van der Waals surface area contributed by atoms with Gasteiger partial charge in [-0.05, 0) is 43.3 Å². The van der Waals surface area contributed by atoms with Crippen LogP contribution in [0.25, 0.3) is 43.4 Å². The lowest BCUT2D eigenvalue weighted by molar-refractivity contribution is -0.133. The number of likely N-dealkylation sites (tertiary alicyclic amines) is 2. The first-order valence-corrected chi connectivity index (χ1v) is 15.5. The van der Waals surface area contributed by atoms with Gasteiger partial charge in [0, 0.05) is 54.8 Å². The summed E-state index contributed by atoms with van der Waals surface area (Å²) in [6.45, 7) is 1.12. The molecule has 5 aromatic rings.